The lowest BCUT2D eigenvalue weighted by molar-refractivity contribution is -0.137. The monoisotopic (exact) mass is 319 g/mol. The Morgan fingerprint density at radius 2 is 2.10 bits per heavy atom. The van der Waals surface area contributed by atoms with Crippen LogP contribution in [0.15, 0.2) is 18.2 Å². The molecule has 1 heterocycles. The van der Waals surface area contributed by atoms with E-state index in [2.05, 4.69) is 4.98 Å². The molecule has 2 atom stereocenters. The first-order chi connectivity index (χ1) is 9.70. The van der Waals surface area contributed by atoms with Gasteiger partial charge in [0.1, 0.15) is 0 Å². The molecule has 2 N–H and O–H groups in total. The number of nitrogens with two attached hydrogens (primary N) is 1. The van der Waals surface area contributed by atoms with Crippen LogP contribution in [-0.2, 0) is 23.5 Å². The molecular formula is C13H16F3N3OS. The van der Waals surface area contributed by atoms with Gasteiger partial charge in [-0.25, -0.2) is 4.98 Å². The molecule has 0 aliphatic rings. The van der Waals surface area contributed by atoms with Crippen LogP contribution in [0, 0.1) is 0 Å². The zero-order chi connectivity index (χ0) is 15.8. The molecular weight excluding hydrogens is 303 g/mol. The Balaban J connectivity index is 2.33. The van der Waals surface area contributed by atoms with Crippen molar-refractivity contribution in [2.75, 3.05) is 12.0 Å². The third-order valence-corrected chi connectivity index (χ3v) is 4.80. The fraction of sp³-hybridized carbons (Fsp3) is 0.462. The van der Waals surface area contributed by atoms with Crippen LogP contribution in [0.5, 0.6) is 0 Å². The maximum atomic E-state index is 12.7. The third-order valence-electron chi connectivity index (χ3n) is 3.43. The first-order valence-electron chi connectivity index (χ1n) is 6.35. The van der Waals surface area contributed by atoms with Crippen LogP contribution in [0.25, 0.3) is 11.0 Å². The average Bonchev–Trinajstić information content (AvgIpc) is 2.69. The molecule has 21 heavy (non-hydrogen) atoms. The summed E-state index contributed by atoms with van der Waals surface area (Å²) in [6.07, 6.45) is -2.17. The highest BCUT2D eigenvalue weighted by Gasteiger charge is 2.31. The zero-order valence-electron chi connectivity index (χ0n) is 11.6. The summed E-state index contributed by atoms with van der Waals surface area (Å²) in [5.74, 6) is 0.165. The summed E-state index contributed by atoms with van der Waals surface area (Å²) in [6, 6.07) is 3.38. The molecule has 1 aromatic carbocycles. The number of nitrogen functional groups attached to an aromatic ring is 1. The molecule has 116 valence electrons. The van der Waals surface area contributed by atoms with Crippen molar-refractivity contribution in [1.82, 2.24) is 9.55 Å². The van der Waals surface area contributed by atoms with Crippen LogP contribution in [-0.4, -0.2) is 25.3 Å². The van der Waals surface area contributed by atoms with Gasteiger partial charge in [-0.2, -0.15) is 13.2 Å². The highest BCUT2D eigenvalue weighted by molar-refractivity contribution is 7.84. The summed E-state index contributed by atoms with van der Waals surface area (Å²) in [6.45, 7) is 2.32. The molecule has 2 unspecified atom stereocenters. The van der Waals surface area contributed by atoms with E-state index in [1.54, 1.807) is 10.8 Å². The molecule has 8 heteroatoms. The second-order valence-electron chi connectivity index (χ2n) is 4.92. The molecule has 1 aromatic heterocycles. The normalized spacial score (nSPS) is 15.3. The van der Waals surface area contributed by atoms with Gasteiger partial charge in [-0.1, -0.05) is 6.92 Å². The van der Waals surface area contributed by atoms with Crippen LogP contribution in [0.1, 0.15) is 18.9 Å². The van der Waals surface area contributed by atoms with Crippen molar-refractivity contribution < 1.29 is 17.4 Å². The number of halogens is 3. The summed E-state index contributed by atoms with van der Waals surface area (Å²) in [4.78, 5) is 3.97. The van der Waals surface area contributed by atoms with Crippen molar-refractivity contribution in [3.05, 3.63) is 23.8 Å². The fourth-order valence-corrected chi connectivity index (χ4v) is 2.47. The minimum absolute atomic E-state index is 0.0173. The fourth-order valence-electron chi connectivity index (χ4n) is 2.04. The van der Waals surface area contributed by atoms with E-state index >= 15 is 0 Å². The predicted molar refractivity (Wildman–Crippen MR) is 77.3 cm³/mol. The lowest BCUT2D eigenvalue weighted by atomic mass is 10.2. The van der Waals surface area contributed by atoms with Crippen LogP contribution in [0.3, 0.4) is 0 Å². The van der Waals surface area contributed by atoms with Crippen LogP contribution in [0.4, 0.5) is 19.1 Å². The lowest BCUT2D eigenvalue weighted by Crippen LogP contribution is -2.14. The Morgan fingerprint density at radius 3 is 2.67 bits per heavy atom. The molecule has 2 aromatic rings. The maximum Gasteiger partial charge on any atom is 0.416 e. The Labute approximate surface area is 122 Å². The van der Waals surface area contributed by atoms with Gasteiger partial charge in [0.2, 0.25) is 5.95 Å². The Bertz CT molecular complexity index is 681. The number of fused-ring (bicyclic) bond motifs is 1. The Kier molecular flexibility index (Phi) is 4.27. The van der Waals surface area contributed by atoms with Gasteiger partial charge in [-0.15, -0.1) is 0 Å². The molecule has 4 nitrogen and oxygen atoms in total. The molecule has 0 spiro atoms. The van der Waals surface area contributed by atoms with Crippen molar-refractivity contribution in [2.24, 2.45) is 0 Å². The second kappa shape index (κ2) is 5.67. The Morgan fingerprint density at radius 1 is 1.43 bits per heavy atom. The first-order valence-corrected chi connectivity index (χ1v) is 7.97. The molecule has 0 aliphatic carbocycles. The van der Waals surface area contributed by atoms with E-state index in [-0.39, 0.29) is 16.7 Å². The van der Waals surface area contributed by atoms with Gasteiger partial charge in [0.25, 0.3) is 0 Å². The van der Waals surface area contributed by atoms with E-state index in [4.69, 9.17) is 5.73 Å². The summed E-state index contributed by atoms with van der Waals surface area (Å²) in [5.41, 5.74) is 5.79. The van der Waals surface area contributed by atoms with Gasteiger partial charge in [-0.3, -0.25) is 4.21 Å². The van der Waals surface area contributed by atoms with Gasteiger partial charge in [0, 0.05) is 28.9 Å². The van der Waals surface area contributed by atoms with Gasteiger partial charge in [0.15, 0.2) is 0 Å². The molecule has 0 saturated heterocycles. The van der Waals surface area contributed by atoms with E-state index in [0.717, 1.165) is 12.1 Å². The number of hydrogen-bond donors (Lipinski definition) is 1. The first kappa shape index (κ1) is 15.8. The van der Waals surface area contributed by atoms with Crippen molar-refractivity contribution >= 4 is 27.8 Å². The van der Waals surface area contributed by atoms with Crippen LogP contribution in [0.2, 0.25) is 0 Å². The number of hydrogen-bond acceptors (Lipinski definition) is 3. The number of aryl methyl sites for hydroxylation is 1. The zero-order valence-corrected chi connectivity index (χ0v) is 12.5. The minimum Gasteiger partial charge on any atom is -0.369 e. The summed E-state index contributed by atoms with van der Waals surface area (Å²) < 4.78 is 51.0. The summed E-state index contributed by atoms with van der Waals surface area (Å²) in [7, 11) is -0.951. The van der Waals surface area contributed by atoms with Crippen molar-refractivity contribution in [3.63, 3.8) is 0 Å². The largest absolute Gasteiger partial charge is 0.416 e. The number of anilines is 1. The van der Waals surface area contributed by atoms with Crippen molar-refractivity contribution in [3.8, 4) is 0 Å². The Hall–Kier alpha value is -1.57. The number of imidazole rings is 1. The van der Waals surface area contributed by atoms with Crippen LogP contribution < -0.4 is 5.73 Å². The third kappa shape index (κ3) is 3.37. The number of benzene rings is 1. The molecule has 0 amide bonds. The SMILES string of the molecule is CC(CCn1c(N)nc2cc(C(F)(F)F)ccc21)S(C)=O. The molecule has 0 fully saturated rings. The van der Waals surface area contributed by atoms with E-state index in [0.29, 0.717) is 18.5 Å². The number of alkyl halides is 3. The molecule has 0 saturated carbocycles. The van der Waals surface area contributed by atoms with Crippen molar-refractivity contribution in [2.45, 2.75) is 31.3 Å². The second-order valence-corrected chi connectivity index (χ2v) is 6.72. The highest BCUT2D eigenvalue weighted by atomic mass is 32.2. The number of nitrogens with zero attached hydrogens (tertiary/aromatic N) is 2. The van der Waals surface area contributed by atoms with Gasteiger partial charge >= 0.3 is 6.18 Å². The summed E-state index contributed by atoms with van der Waals surface area (Å²) >= 11 is 0. The van der Waals surface area contributed by atoms with Crippen LogP contribution >= 0.6 is 0 Å². The molecule has 2 rings (SSSR count). The average molecular weight is 319 g/mol. The molecule has 0 aliphatic heterocycles. The maximum absolute atomic E-state index is 12.7. The molecule has 0 bridgehead atoms. The van der Waals surface area contributed by atoms with E-state index in [1.165, 1.54) is 6.07 Å². The molecule has 0 radical (unpaired) electrons. The summed E-state index contributed by atoms with van der Waals surface area (Å²) in [5, 5.41) is -0.0173. The highest BCUT2D eigenvalue weighted by Crippen LogP contribution is 2.31. The topological polar surface area (TPSA) is 60.9 Å². The van der Waals surface area contributed by atoms with Gasteiger partial charge in [-0.05, 0) is 24.6 Å². The van der Waals surface area contributed by atoms with E-state index in [1.807, 2.05) is 6.92 Å². The van der Waals surface area contributed by atoms with E-state index in [9.17, 15) is 17.4 Å². The standard InChI is InChI=1S/C13H16F3N3OS/c1-8(21(2)20)5-6-19-11-4-3-9(13(14,15)16)7-10(11)18-12(19)17/h3-4,7-8H,5-6H2,1-2H3,(H2,17,18). The van der Waals surface area contributed by atoms with Crippen molar-refractivity contribution in [1.29, 1.82) is 0 Å². The smallest absolute Gasteiger partial charge is 0.369 e. The lowest BCUT2D eigenvalue weighted by Gasteiger charge is -2.11. The van der Waals surface area contributed by atoms with Gasteiger partial charge in [0.05, 0.1) is 16.6 Å². The van der Waals surface area contributed by atoms with Gasteiger partial charge < -0.3 is 10.3 Å². The predicted octanol–water partition coefficient (Wildman–Crippen LogP) is 2.79. The van der Waals surface area contributed by atoms with E-state index < -0.39 is 22.5 Å². The number of aromatic nitrogens is 2. The number of rotatable bonds is 4. The minimum atomic E-state index is -4.40. The quantitative estimate of drug-likeness (QED) is 0.942.